The number of hydrogen-bond acceptors (Lipinski definition) is 4. The minimum Gasteiger partial charge on any atom is -0.496 e. The summed E-state index contributed by atoms with van der Waals surface area (Å²) in [5, 5.41) is 0. The van der Waals surface area contributed by atoms with Crippen molar-refractivity contribution in [3.63, 3.8) is 0 Å². The Balaban J connectivity index is 1.56. The Labute approximate surface area is 144 Å². The molecule has 3 rings (SSSR count). The van der Waals surface area contributed by atoms with Crippen molar-refractivity contribution in [2.24, 2.45) is 5.92 Å². The minimum absolute atomic E-state index is 0.131. The molecule has 5 heteroatoms. The van der Waals surface area contributed by atoms with E-state index < -0.39 is 0 Å². The first-order valence-electron chi connectivity index (χ1n) is 8.87. The summed E-state index contributed by atoms with van der Waals surface area (Å²) in [5.74, 6) is 1.67. The predicted molar refractivity (Wildman–Crippen MR) is 93.4 cm³/mol. The van der Waals surface area contributed by atoms with Gasteiger partial charge in [0.2, 0.25) is 5.91 Å². The fourth-order valence-electron chi connectivity index (χ4n) is 3.65. The monoisotopic (exact) mass is 332 g/mol. The minimum atomic E-state index is 0.131. The van der Waals surface area contributed by atoms with Gasteiger partial charge in [-0.3, -0.25) is 9.69 Å². The lowest BCUT2D eigenvalue weighted by atomic mass is 10.1. The molecule has 1 saturated carbocycles. The van der Waals surface area contributed by atoms with Crippen LogP contribution in [0.2, 0.25) is 0 Å². The average Bonchev–Trinajstić information content (AvgIpc) is 3.43. The van der Waals surface area contributed by atoms with Crippen LogP contribution in [0.1, 0.15) is 24.3 Å². The van der Waals surface area contributed by atoms with Crippen molar-refractivity contribution in [2.75, 3.05) is 53.6 Å². The molecule has 0 bridgehead atoms. The van der Waals surface area contributed by atoms with Gasteiger partial charge in [-0.25, -0.2) is 0 Å². The Morgan fingerprint density at radius 2 is 2.00 bits per heavy atom. The van der Waals surface area contributed by atoms with Crippen molar-refractivity contribution in [3.05, 3.63) is 29.8 Å². The van der Waals surface area contributed by atoms with Crippen LogP contribution in [0.25, 0.3) is 0 Å². The molecule has 1 aromatic carbocycles. The van der Waals surface area contributed by atoms with Crippen molar-refractivity contribution >= 4 is 5.91 Å². The zero-order valence-corrected chi connectivity index (χ0v) is 14.7. The first kappa shape index (κ1) is 17.2. The van der Waals surface area contributed by atoms with Crippen molar-refractivity contribution in [1.29, 1.82) is 0 Å². The van der Waals surface area contributed by atoms with E-state index in [-0.39, 0.29) is 5.92 Å². The van der Waals surface area contributed by atoms with Gasteiger partial charge < -0.3 is 14.4 Å². The second-order valence-electron chi connectivity index (χ2n) is 6.70. The molecule has 1 aliphatic carbocycles. The van der Waals surface area contributed by atoms with Crippen molar-refractivity contribution < 1.29 is 14.3 Å². The molecule has 1 amide bonds. The van der Waals surface area contributed by atoms with Crippen molar-refractivity contribution in [2.45, 2.75) is 18.8 Å². The summed E-state index contributed by atoms with van der Waals surface area (Å²) in [6.45, 7) is 5.41. The standard InChI is InChI=1S/C19H28N2O3/c1-23-13-12-20-8-5-9-21(11-10-20)19(22)17-14-16(17)15-6-3-4-7-18(15)24-2/h3-4,6-7,16-17H,5,8-14H2,1-2H3/t16-,17-/m0/s1. The number of rotatable bonds is 6. The van der Waals surface area contributed by atoms with Crippen LogP contribution >= 0.6 is 0 Å². The smallest absolute Gasteiger partial charge is 0.226 e. The number of methoxy groups -OCH3 is 2. The fourth-order valence-corrected chi connectivity index (χ4v) is 3.65. The van der Waals surface area contributed by atoms with Gasteiger partial charge in [-0.05, 0) is 36.9 Å². The molecule has 24 heavy (non-hydrogen) atoms. The second kappa shape index (κ2) is 7.99. The van der Waals surface area contributed by atoms with Gasteiger partial charge in [0.05, 0.1) is 13.7 Å². The Hall–Kier alpha value is -1.59. The molecule has 0 unspecified atom stereocenters. The largest absolute Gasteiger partial charge is 0.496 e. The highest BCUT2D eigenvalue weighted by Gasteiger charge is 2.46. The number of amides is 1. The van der Waals surface area contributed by atoms with Gasteiger partial charge in [0.1, 0.15) is 5.75 Å². The van der Waals surface area contributed by atoms with E-state index in [0.29, 0.717) is 11.8 Å². The molecule has 5 nitrogen and oxygen atoms in total. The van der Waals surface area contributed by atoms with E-state index in [1.165, 1.54) is 5.56 Å². The highest BCUT2D eigenvalue weighted by molar-refractivity contribution is 5.83. The first-order valence-corrected chi connectivity index (χ1v) is 8.87. The van der Waals surface area contributed by atoms with E-state index in [9.17, 15) is 4.79 Å². The van der Waals surface area contributed by atoms with Crippen LogP contribution in [0.4, 0.5) is 0 Å². The van der Waals surface area contributed by atoms with Crippen molar-refractivity contribution in [3.8, 4) is 5.75 Å². The lowest BCUT2D eigenvalue weighted by Gasteiger charge is -2.22. The van der Waals surface area contributed by atoms with E-state index >= 15 is 0 Å². The van der Waals surface area contributed by atoms with Crippen LogP contribution in [0.15, 0.2) is 24.3 Å². The summed E-state index contributed by atoms with van der Waals surface area (Å²) in [6, 6.07) is 8.07. The first-order chi connectivity index (χ1) is 11.7. The number of carbonyl (C=O) groups excluding carboxylic acids is 1. The molecule has 1 aromatic rings. The maximum absolute atomic E-state index is 12.9. The van der Waals surface area contributed by atoms with E-state index in [2.05, 4.69) is 15.9 Å². The quantitative estimate of drug-likeness (QED) is 0.799. The third-order valence-electron chi connectivity index (χ3n) is 5.16. The molecule has 1 aliphatic heterocycles. The van der Waals surface area contributed by atoms with Gasteiger partial charge >= 0.3 is 0 Å². The molecule has 1 saturated heterocycles. The van der Waals surface area contributed by atoms with Crippen LogP contribution in [0, 0.1) is 5.92 Å². The van der Waals surface area contributed by atoms with Crippen LogP contribution in [-0.2, 0) is 9.53 Å². The number of hydrogen-bond donors (Lipinski definition) is 0. The van der Waals surface area contributed by atoms with Gasteiger partial charge in [0.25, 0.3) is 0 Å². The summed E-state index contributed by atoms with van der Waals surface area (Å²) >= 11 is 0. The van der Waals surface area contributed by atoms with Crippen LogP contribution in [-0.4, -0.2) is 69.3 Å². The SMILES string of the molecule is COCCN1CCCN(C(=O)[C@H]2C[C@H]2c2ccccc2OC)CC1. The predicted octanol–water partition coefficient (Wildman–Crippen LogP) is 1.98. The van der Waals surface area contributed by atoms with E-state index in [0.717, 1.165) is 57.9 Å². The van der Waals surface area contributed by atoms with E-state index in [1.54, 1.807) is 14.2 Å². The maximum atomic E-state index is 12.9. The van der Waals surface area contributed by atoms with Gasteiger partial charge in [0.15, 0.2) is 0 Å². The summed E-state index contributed by atoms with van der Waals surface area (Å²) < 4.78 is 10.6. The molecule has 2 atom stereocenters. The van der Waals surface area contributed by atoms with Gasteiger partial charge in [-0.15, -0.1) is 0 Å². The normalized spacial score (nSPS) is 24.5. The zero-order valence-electron chi connectivity index (χ0n) is 14.7. The molecular formula is C19H28N2O3. The zero-order chi connectivity index (χ0) is 16.9. The maximum Gasteiger partial charge on any atom is 0.226 e. The Kier molecular flexibility index (Phi) is 5.74. The molecular weight excluding hydrogens is 304 g/mol. The van der Waals surface area contributed by atoms with E-state index in [4.69, 9.17) is 9.47 Å². The lowest BCUT2D eigenvalue weighted by molar-refractivity contribution is -0.132. The molecule has 132 valence electrons. The molecule has 0 N–H and O–H groups in total. The number of carbonyl (C=O) groups is 1. The van der Waals surface area contributed by atoms with Crippen LogP contribution in [0.5, 0.6) is 5.75 Å². The summed E-state index contributed by atoms with van der Waals surface area (Å²) in [4.78, 5) is 17.3. The molecule has 2 fully saturated rings. The molecule has 1 heterocycles. The van der Waals surface area contributed by atoms with Gasteiger partial charge in [-0.2, -0.15) is 0 Å². The Morgan fingerprint density at radius 3 is 2.79 bits per heavy atom. The summed E-state index contributed by atoms with van der Waals surface area (Å²) in [5.41, 5.74) is 1.18. The third-order valence-corrected chi connectivity index (χ3v) is 5.16. The fraction of sp³-hybridized carbons (Fsp3) is 0.632. The van der Waals surface area contributed by atoms with Crippen molar-refractivity contribution in [1.82, 2.24) is 9.80 Å². The van der Waals surface area contributed by atoms with Crippen LogP contribution < -0.4 is 4.74 Å². The Morgan fingerprint density at radius 1 is 1.17 bits per heavy atom. The van der Waals surface area contributed by atoms with Gasteiger partial charge in [-0.1, -0.05) is 18.2 Å². The molecule has 0 aromatic heterocycles. The van der Waals surface area contributed by atoms with Gasteiger partial charge in [0, 0.05) is 39.2 Å². The number of ether oxygens (including phenoxy) is 2. The third kappa shape index (κ3) is 3.90. The number of benzene rings is 1. The molecule has 0 radical (unpaired) electrons. The average molecular weight is 332 g/mol. The molecule has 2 aliphatic rings. The summed E-state index contributed by atoms with van der Waals surface area (Å²) in [7, 11) is 3.43. The summed E-state index contributed by atoms with van der Waals surface area (Å²) in [6.07, 6.45) is 1.99. The highest BCUT2D eigenvalue weighted by Crippen LogP contribution is 2.51. The Bertz CT molecular complexity index is 563. The lowest BCUT2D eigenvalue weighted by Crippen LogP contribution is -2.37. The number of para-hydroxylation sites is 1. The molecule has 0 spiro atoms. The van der Waals surface area contributed by atoms with E-state index in [1.807, 2.05) is 18.2 Å². The van der Waals surface area contributed by atoms with Crippen LogP contribution in [0.3, 0.4) is 0 Å². The second-order valence-corrected chi connectivity index (χ2v) is 6.70. The topological polar surface area (TPSA) is 42.0 Å². The highest BCUT2D eigenvalue weighted by atomic mass is 16.5. The number of nitrogens with zero attached hydrogens (tertiary/aromatic N) is 2.